The normalized spacial score (nSPS) is 10.8. The Kier molecular flexibility index (Phi) is 5.41. The van der Waals surface area contributed by atoms with Crippen LogP contribution in [-0.2, 0) is 0 Å². The van der Waals surface area contributed by atoms with Crippen LogP contribution in [0.2, 0.25) is 5.15 Å². The van der Waals surface area contributed by atoms with Crippen molar-refractivity contribution < 1.29 is 4.79 Å². The van der Waals surface area contributed by atoms with Gasteiger partial charge in [-0.3, -0.25) is 4.79 Å². The van der Waals surface area contributed by atoms with Crippen molar-refractivity contribution in [3.05, 3.63) is 55.7 Å². The van der Waals surface area contributed by atoms with Crippen LogP contribution in [0.4, 0.5) is 5.69 Å². The zero-order valence-corrected chi connectivity index (χ0v) is 15.4. The summed E-state index contributed by atoms with van der Waals surface area (Å²) < 4.78 is 1.60. The fourth-order valence-electron chi connectivity index (χ4n) is 1.75. The lowest BCUT2D eigenvalue weighted by Gasteiger charge is -2.11. The molecule has 0 unspecified atom stereocenters. The van der Waals surface area contributed by atoms with Crippen molar-refractivity contribution in [2.24, 2.45) is 0 Å². The van der Waals surface area contributed by atoms with Crippen LogP contribution in [0.5, 0.6) is 0 Å². The molecule has 0 bridgehead atoms. The molecule has 1 aromatic carbocycles. The minimum Gasteiger partial charge on any atom is -0.320 e. The second kappa shape index (κ2) is 6.90. The maximum Gasteiger partial charge on any atom is 0.255 e. The third kappa shape index (κ3) is 4.05. The Labute approximate surface area is 145 Å². The van der Waals surface area contributed by atoms with Crippen molar-refractivity contribution in [3.8, 4) is 0 Å². The average molecular weight is 433 g/mol. The maximum atomic E-state index is 12.4. The molecule has 0 atom stereocenters. The van der Waals surface area contributed by atoms with Crippen LogP contribution < -0.4 is 5.32 Å². The minimum atomic E-state index is -0.228. The van der Waals surface area contributed by atoms with Crippen LogP contribution >= 0.6 is 43.5 Å². The highest BCUT2D eigenvalue weighted by molar-refractivity contribution is 9.11. The van der Waals surface area contributed by atoms with Crippen molar-refractivity contribution >= 4 is 55.1 Å². The molecule has 110 valence electrons. The molecule has 0 aliphatic carbocycles. The van der Waals surface area contributed by atoms with Crippen LogP contribution in [0.25, 0.3) is 0 Å². The van der Waals surface area contributed by atoms with Gasteiger partial charge in [0.25, 0.3) is 5.91 Å². The van der Waals surface area contributed by atoms with Crippen molar-refractivity contribution in [2.75, 3.05) is 5.32 Å². The number of nitrogens with zero attached hydrogens (tertiary/aromatic N) is 1. The Bertz CT molecular complexity index is 669. The molecule has 1 heterocycles. The highest BCUT2D eigenvalue weighted by Crippen LogP contribution is 2.31. The molecule has 1 N–H and O–H groups in total. The number of hydrogen-bond acceptors (Lipinski definition) is 2. The summed E-state index contributed by atoms with van der Waals surface area (Å²) in [6, 6.07) is 8.92. The molecule has 2 rings (SSSR count). The van der Waals surface area contributed by atoms with Gasteiger partial charge in [0.1, 0.15) is 5.15 Å². The number of hydrogen-bond donors (Lipinski definition) is 1. The zero-order valence-electron chi connectivity index (χ0n) is 11.5. The molecule has 0 aliphatic heterocycles. The number of rotatable bonds is 3. The lowest BCUT2D eigenvalue weighted by Crippen LogP contribution is -2.14. The monoisotopic (exact) mass is 430 g/mol. The predicted molar refractivity (Wildman–Crippen MR) is 93.1 cm³/mol. The number of pyridine rings is 1. The van der Waals surface area contributed by atoms with Crippen molar-refractivity contribution in [3.63, 3.8) is 0 Å². The molecular weight excluding hydrogens is 419 g/mol. The number of nitrogens with one attached hydrogen (secondary N) is 1. The molecule has 1 amide bonds. The first-order chi connectivity index (χ1) is 9.88. The minimum absolute atomic E-state index is 0.199. The van der Waals surface area contributed by atoms with Crippen LogP contribution in [0.1, 0.15) is 35.8 Å². The van der Waals surface area contributed by atoms with E-state index in [0.717, 1.165) is 14.6 Å². The van der Waals surface area contributed by atoms with Crippen LogP contribution in [0.3, 0.4) is 0 Å². The highest BCUT2D eigenvalue weighted by Gasteiger charge is 2.14. The standard InChI is InChI=1S/C15H13Br2ClN2O/c1-8(2)12-6-9(7-13(18)19-12)15(21)20-14-10(16)4-3-5-11(14)17/h3-8H,1-2H3,(H,20,21). The number of halogens is 3. The van der Waals surface area contributed by atoms with Crippen molar-refractivity contribution in [2.45, 2.75) is 19.8 Å². The van der Waals surface area contributed by atoms with Crippen molar-refractivity contribution in [1.82, 2.24) is 4.98 Å². The fraction of sp³-hybridized carbons (Fsp3) is 0.200. The van der Waals surface area contributed by atoms with E-state index in [1.807, 2.05) is 32.0 Å². The molecule has 0 spiro atoms. The SMILES string of the molecule is CC(C)c1cc(C(=O)Nc2c(Br)cccc2Br)cc(Cl)n1. The van der Waals surface area contributed by atoms with E-state index in [9.17, 15) is 4.79 Å². The van der Waals surface area contributed by atoms with E-state index in [4.69, 9.17) is 11.6 Å². The Balaban J connectivity index is 2.33. The molecule has 0 aliphatic rings. The van der Waals surface area contributed by atoms with Gasteiger partial charge in [-0.2, -0.15) is 0 Å². The molecule has 1 aromatic heterocycles. The van der Waals surface area contributed by atoms with E-state index in [-0.39, 0.29) is 11.8 Å². The number of amides is 1. The molecule has 6 heteroatoms. The summed E-state index contributed by atoms with van der Waals surface area (Å²) in [6.07, 6.45) is 0. The molecule has 0 saturated carbocycles. The number of benzene rings is 1. The number of anilines is 1. The van der Waals surface area contributed by atoms with Crippen molar-refractivity contribution in [1.29, 1.82) is 0 Å². The van der Waals surface area contributed by atoms with E-state index in [1.165, 1.54) is 0 Å². The third-order valence-electron chi connectivity index (χ3n) is 2.87. The van der Waals surface area contributed by atoms with E-state index < -0.39 is 0 Å². The molecular formula is C15H13Br2ClN2O. The second-order valence-electron chi connectivity index (χ2n) is 4.81. The van der Waals surface area contributed by atoms with Gasteiger partial charge in [-0.05, 0) is 62.0 Å². The first kappa shape index (κ1) is 16.5. The summed E-state index contributed by atoms with van der Waals surface area (Å²) in [7, 11) is 0. The average Bonchev–Trinajstić information content (AvgIpc) is 2.42. The van der Waals surface area contributed by atoms with Crippen LogP contribution in [0, 0.1) is 0 Å². The summed E-state index contributed by atoms with van der Waals surface area (Å²) in [5, 5.41) is 3.19. The maximum absolute atomic E-state index is 12.4. The zero-order chi connectivity index (χ0) is 15.6. The molecule has 0 radical (unpaired) electrons. The Morgan fingerprint density at radius 1 is 1.24 bits per heavy atom. The van der Waals surface area contributed by atoms with Gasteiger partial charge in [-0.15, -0.1) is 0 Å². The highest BCUT2D eigenvalue weighted by atomic mass is 79.9. The predicted octanol–water partition coefficient (Wildman–Crippen LogP) is 5.64. The Morgan fingerprint density at radius 3 is 2.43 bits per heavy atom. The fourth-order valence-corrected chi connectivity index (χ4v) is 3.16. The quantitative estimate of drug-likeness (QED) is 0.638. The summed E-state index contributed by atoms with van der Waals surface area (Å²) in [6.45, 7) is 4.01. The van der Waals surface area contributed by atoms with Gasteiger partial charge in [0.05, 0.1) is 5.69 Å². The van der Waals surface area contributed by atoms with E-state index in [2.05, 4.69) is 42.2 Å². The summed E-state index contributed by atoms with van der Waals surface area (Å²) >= 11 is 12.8. The smallest absolute Gasteiger partial charge is 0.255 e. The molecule has 3 nitrogen and oxygen atoms in total. The first-order valence-electron chi connectivity index (χ1n) is 6.31. The Morgan fingerprint density at radius 2 is 1.86 bits per heavy atom. The molecule has 21 heavy (non-hydrogen) atoms. The van der Waals surface area contributed by atoms with E-state index in [0.29, 0.717) is 16.4 Å². The van der Waals surface area contributed by atoms with Gasteiger partial charge in [0.2, 0.25) is 0 Å². The van der Waals surface area contributed by atoms with Gasteiger partial charge < -0.3 is 5.32 Å². The molecule has 0 saturated heterocycles. The first-order valence-corrected chi connectivity index (χ1v) is 8.27. The van der Waals surface area contributed by atoms with Gasteiger partial charge in [0.15, 0.2) is 0 Å². The summed E-state index contributed by atoms with van der Waals surface area (Å²) in [4.78, 5) is 16.6. The van der Waals surface area contributed by atoms with Gasteiger partial charge in [-0.1, -0.05) is 31.5 Å². The largest absolute Gasteiger partial charge is 0.320 e. The topological polar surface area (TPSA) is 42.0 Å². The molecule has 2 aromatic rings. The van der Waals surface area contributed by atoms with Gasteiger partial charge in [0, 0.05) is 20.2 Å². The number of carbonyl (C=O) groups is 1. The summed E-state index contributed by atoms with van der Waals surface area (Å²) in [5.41, 5.74) is 1.96. The van der Waals surface area contributed by atoms with E-state index in [1.54, 1.807) is 12.1 Å². The summed E-state index contributed by atoms with van der Waals surface area (Å²) in [5.74, 6) is -0.0285. The lowest BCUT2D eigenvalue weighted by molar-refractivity contribution is 0.102. The van der Waals surface area contributed by atoms with Gasteiger partial charge in [-0.25, -0.2) is 4.98 Å². The molecule has 0 fully saturated rings. The number of aromatic nitrogens is 1. The third-order valence-corrected chi connectivity index (χ3v) is 4.38. The lowest BCUT2D eigenvalue weighted by atomic mass is 10.1. The second-order valence-corrected chi connectivity index (χ2v) is 6.90. The Hall–Kier alpha value is -0.910. The van der Waals surface area contributed by atoms with Gasteiger partial charge >= 0.3 is 0 Å². The number of para-hydroxylation sites is 1. The van der Waals surface area contributed by atoms with Crippen LogP contribution in [0.15, 0.2) is 39.3 Å². The van der Waals surface area contributed by atoms with Crippen LogP contribution in [-0.4, -0.2) is 10.9 Å². The van der Waals surface area contributed by atoms with E-state index >= 15 is 0 Å². The number of carbonyl (C=O) groups excluding carboxylic acids is 1.